The van der Waals surface area contributed by atoms with Crippen molar-refractivity contribution in [1.29, 1.82) is 0 Å². The third-order valence-corrected chi connectivity index (χ3v) is 1.81. The van der Waals surface area contributed by atoms with Crippen LogP contribution in [0.1, 0.15) is 12.8 Å². The van der Waals surface area contributed by atoms with E-state index in [-0.39, 0.29) is 18.4 Å². The first-order valence-electron chi connectivity index (χ1n) is 4.36. The van der Waals surface area contributed by atoms with E-state index < -0.39 is 18.4 Å². The minimum absolute atomic E-state index is 0.0577. The number of hydrogen-bond donors (Lipinski definition) is 3. The van der Waals surface area contributed by atoms with E-state index in [2.05, 4.69) is 10.6 Å². The number of carbonyl (C=O) groups is 3. The second-order valence-electron chi connectivity index (χ2n) is 3.16. The Hall–Kier alpha value is -1.59. The summed E-state index contributed by atoms with van der Waals surface area (Å²) in [6.45, 7) is -0.569. The van der Waals surface area contributed by atoms with Gasteiger partial charge in [0.15, 0.2) is 0 Å². The zero-order chi connectivity index (χ0) is 10.6. The van der Waals surface area contributed by atoms with Gasteiger partial charge < -0.3 is 15.7 Å². The molecule has 2 amide bonds. The maximum atomic E-state index is 11.0. The van der Waals surface area contributed by atoms with Gasteiger partial charge in [-0.3, -0.25) is 14.4 Å². The highest BCUT2D eigenvalue weighted by Crippen LogP contribution is 2.28. The monoisotopic (exact) mass is 200 g/mol. The molecule has 0 unspecified atom stereocenters. The Morgan fingerprint density at radius 1 is 1.14 bits per heavy atom. The van der Waals surface area contributed by atoms with Crippen LogP contribution in [0.2, 0.25) is 0 Å². The van der Waals surface area contributed by atoms with Crippen LogP contribution in [-0.4, -0.2) is 36.0 Å². The smallest absolute Gasteiger partial charge is 0.322 e. The molecule has 0 bridgehead atoms. The van der Waals surface area contributed by atoms with Gasteiger partial charge in [0.05, 0.1) is 6.54 Å². The highest BCUT2D eigenvalue weighted by Gasteiger charge is 2.29. The van der Waals surface area contributed by atoms with Gasteiger partial charge in [0, 0.05) is 5.92 Å². The lowest BCUT2D eigenvalue weighted by Crippen LogP contribution is -2.39. The number of amides is 2. The fourth-order valence-corrected chi connectivity index (χ4v) is 0.894. The Balaban J connectivity index is 2.07. The van der Waals surface area contributed by atoms with Crippen molar-refractivity contribution >= 4 is 17.8 Å². The van der Waals surface area contributed by atoms with Gasteiger partial charge in [-0.2, -0.15) is 0 Å². The van der Waals surface area contributed by atoms with E-state index in [0.29, 0.717) is 0 Å². The molecule has 0 atom stereocenters. The Morgan fingerprint density at radius 2 is 1.79 bits per heavy atom. The zero-order valence-corrected chi connectivity index (χ0v) is 7.58. The molecule has 0 spiro atoms. The van der Waals surface area contributed by atoms with Crippen LogP contribution in [0.5, 0.6) is 0 Å². The highest BCUT2D eigenvalue weighted by atomic mass is 16.4. The topological polar surface area (TPSA) is 95.5 Å². The van der Waals surface area contributed by atoms with E-state index >= 15 is 0 Å². The van der Waals surface area contributed by atoms with Gasteiger partial charge in [0.25, 0.3) is 0 Å². The lowest BCUT2D eigenvalue weighted by molar-refractivity contribution is -0.137. The summed E-state index contributed by atoms with van der Waals surface area (Å²) in [7, 11) is 0. The molecule has 0 aliphatic heterocycles. The molecule has 1 fully saturated rings. The summed E-state index contributed by atoms with van der Waals surface area (Å²) in [6.07, 6.45) is 1.76. The molecule has 0 radical (unpaired) electrons. The number of aliphatic carboxylic acids is 1. The summed E-state index contributed by atoms with van der Waals surface area (Å²) in [4.78, 5) is 32.0. The molecule has 0 heterocycles. The fourth-order valence-electron chi connectivity index (χ4n) is 0.894. The Kier molecular flexibility index (Phi) is 3.44. The zero-order valence-electron chi connectivity index (χ0n) is 7.58. The standard InChI is InChI=1S/C8H12N2O4/c11-6(9-4-7(12)13)3-10-8(14)5-1-2-5/h5H,1-4H2,(H,9,11)(H,10,14)(H,12,13). The van der Waals surface area contributed by atoms with Gasteiger partial charge in [0.2, 0.25) is 11.8 Å². The van der Waals surface area contributed by atoms with Crippen molar-refractivity contribution < 1.29 is 19.5 Å². The fraction of sp³-hybridized carbons (Fsp3) is 0.625. The van der Waals surface area contributed by atoms with Crippen molar-refractivity contribution in [2.75, 3.05) is 13.1 Å². The molecule has 1 rings (SSSR count). The second kappa shape index (κ2) is 4.59. The van der Waals surface area contributed by atoms with Crippen LogP contribution >= 0.6 is 0 Å². The Labute approximate surface area is 80.7 Å². The minimum Gasteiger partial charge on any atom is -0.480 e. The number of nitrogens with one attached hydrogen (secondary N) is 2. The van der Waals surface area contributed by atoms with Gasteiger partial charge in [-0.1, -0.05) is 0 Å². The average Bonchev–Trinajstić information content (AvgIpc) is 2.93. The summed E-state index contributed by atoms with van der Waals surface area (Å²) < 4.78 is 0. The summed E-state index contributed by atoms with van der Waals surface area (Å²) in [5.74, 6) is -1.66. The van der Waals surface area contributed by atoms with Crippen LogP contribution in [0.15, 0.2) is 0 Å². The summed E-state index contributed by atoms with van der Waals surface area (Å²) in [5, 5.41) is 12.8. The predicted octanol–water partition coefficient (Wildman–Crippen LogP) is -1.29. The summed E-state index contributed by atoms with van der Waals surface area (Å²) >= 11 is 0. The van der Waals surface area contributed by atoms with Gasteiger partial charge in [0.1, 0.15) is 6.54 Å². The predicted molar refractivity (Wildman–Crippen MR) is 46.4 cm³/mol. The molecule has 1 aliphatic carbocycles. The van der Waals surface area contributed by atoms with Gasteiger partial charge >= 0.3 is 5.97 Å². The van der Waals surface area contributed by atoms with E-state index in [1.54, 1.807) is 0 Å². The molecule has 0 aromatic carbocycles. The molecule has 1 aliphatic rings. The third-order valence-electron chi connectivity index (χ3n) is 1.81. The molecule has 14 heavy (non-hydrogen) atoms. The van der Waals surface area contributed by atoms with Crippen LogP contribution in [0.25, 0.3) is 0 Å². The SMILES string of the molecule is O=C(O)CNC(=O)CNC(=O)C1CC1. The van der Waals surface area contributed by atoms with Gasteiger partial charge in [-0.15, -0.1) is 0 Å². The number of carboxylic acid groups (broad SMARTS) is 1. The molecule has 0 saturated heterocycles. The van der Waals surface area contributed by atoms with E-state index in [1.807, 2.05) is 0 Å². The second-order valence-corrected chi connectivity index (χ2v) is 3.16. The van der Waals surface area contributed by atoms with Crippen molar-refractivity contribution in [3.05, 3.63) is 0 Å². The highest BCUT2D eigenvalue weighted by molar-refractivity contribution is 5.88. The minimum atomic E-state index is -1.10. The number of hydrogen-bond acceptors (Lipinski definition) is 3. The van der Waals surface area contributed by atoms with Crippen LogP contribution in [-0.2, 0) is 14.4 Å². The molecule has 78 valence electrons. The maximum absolute atomic E-state index is 11.0. The summed E-state index contributed by atoms with van der Waals surface area (Å²) in [6, 6.07) is 0. The molecule has 1 saturated carbocycles. The van der Waals surface area contributed by atoms with Crippen LogP contribution in [0.4, 0.5) is 0 Å². The normalized spacial score (nSPS) is 14.6. The van der Waals surface area contributed by atoms with Crippen LogP contribution < -0.4 is 10.6 Å². The molecule has 6 nitrogen and oxygen atoms in total. The quantitative estimate of drug-likeness (QED) is 0.514. The summed E-state index contributed by atoms with van der Waals surface area (Å²) in [5.41, 5.74) is 0. The van der Waals surface area contributed by atoms with Crippen molar-refractivity contribution in [2.24, 2.45) is 5.92 Å². The first-order valence-corrected chi connectivity index (χ1v) is 4.36. The molecular formula is C8H12N2O4. The number of carbonyl (C=O) groups excluding carboxylic acids is 2. The van der Waals surface area contributed by atoms with Gasteiger partial charge in [-0.05, 0) is 12.8 Å². The van der Waals surface area contributed by atoms with Crippen molar-refractivity contribution in [3.63, 3.8) is 0 Å². The Morgan fingerprint density at radius 3 is 2.29 bits per heavy atom. The first-order chi connectivity index (χ1) is 6.59. The molecule has 6 heteroatoms. The number of carboxylic acids is 1. The average molecular weight is 200 g/mol. The van der Waals surface area contributed by atoms with Crippen LogP contribution in [0.3, 0.4) is 0 Å². The first kappa shape index (κ1) is 10.5. The molecule has 0 aromatic rings. The molecular weight excluding hydrogens is 188 g/mol. The lowest BCUT2D eigenvalue weighted by atomic mass is 10.4. The lowest BCUT2D eigenvalue weighted by Gasteiger charge is -2.03. The molecule has 3 N–H and O–H groups in total. The maximum Gasteiger partial charge on any atom is 0.322 e. The van der Waals surface area contributed by atoms with Crippen molar-refractivity contribution in [1.82, 2.24) is 10.6 Å². The van der Waals surface area contributed by atoms with E-state index in [4.69, 9.17) is 5.11 Å². The molecule has 0 aromatic heterocycles. The largest absolute Gasteiger partial charge is 0.480 e. The third kappa shape index (κ3) is 3.88. The van der Waals surface area contributed by atoms with Gasteiger partial charge in [-0.25, -0.2) is 0 Å². The van der Waals surface area contributed by atoms with Crippen molar-refractivity contribution in [3.8, 4) is 0 Å². The van der Waals surface area contributed by atoms with E-state index in [1.165, 1.54) is 0 Å². The Bertz CT molecular complexity index is 260. The van der Waals surface area contributed by atoms with Crippen molar-refractivity contribution in [2.45, 2.75) is 12.8 Å². The van der Waals surface area contributed by atoms with E-state index in [9.17, 15) is 14.4 Å². The van der Waals surface area contributed by atoms with E-state index in [0.717, 1.165) is 12.8 Å². The number of rotatable bonds is 5. The van der Waals surface area contributed by atoms with Crippen LogP contribution in [0, 0.1) is 5.92 Å².